The first kappa shape index (κ1) is 17.5. The standard InChI is InChI=1S/C15H14ClN3O2S2/c16-11-4-6-14(7-5-11)23-9-8-17-15(22)18-12-2-1-3-13(10-12)19(20)21/h1-7,10H,8-9H2,(H2,17,18,22). The van der Waals surface area contributed by atoms with Gasteiger partial charge in [0.05, 0.1) is 4.92 Å². The normalized spacial score (nSPS) is 10.1. The van der Waals surface area contributed by atoms with Crippen molar-refractivity contribution in [3.63, 3.8) is 0 Å². The molecule has 0 spiro atoms. The number of hydrogen-bond donors (Lipinski definition) is 2. The van der Waals surface area contributed by atoms with E-state index in [4.69, 9.17) is 23.8 Å². The fourth-order valence-corrected chi connectivity index (χ4v) is 2.85. The van der Waals surface area contributed by atoms with E-state index in [-0.39, 0.29) is 5.69 Å². The molecule has 0 bridgehead atoms. The molecule has 0 aliphatic carbocycles. The number of nitrogens with one attached hydrogen (secondary N) is 2. The van der Waals surface area contributed by atoms with Crippen LogP contribution in [-0.2, 0) is 0 Å². The van der Waals surface area contributed by atoms with Crippen LogP contribution in [0.15, 0.2) is 53.4 Å². The smallest absolute Gasteiger partial charge is 0.271 e. The minimum atomic E-state index is -0.440. The summed E-state index contributed by atoms with van der Waals surface area (Å²) in [7, 11) is 0. The van der Waals surface area contributed by atoms with Gasteiger partial charge in [0.2, 0.25) is 0 Å². The van der Waals surface area contributed by atoms with E-state index in [1.807, 2.05) is 24.3 Å². The Labute approximate surface area is 148 Å². The van der Waals surface area contributed by atoms with E-state index in [2.05, 4.69) is 10.6 Å². The molecule has 2 N–H and O–H groups in total. The number of hydrogen-bond acceptors (Lipinski definition) is 4. The van der Waals surface area contributed by atoms with Crippen LogP contribution in [0.3, 0.4) is 0 Å². The maximum Gasteiger partial charge on any atom is 0.271 e. The Hall–Kier alpha value is -1.83. The van der Waals surface area contributed by atoms with Gasteiger partial charge in [0.25, 0.3) is 5.69 Å². The molecule has 0 aliphatic heterocycles. The molecule has 0 aromatic heterocycles. The zero-order valence-corrected chi connectivity index (χ0v) is 14.4. The van der Waals surface area contributed by atoms with Crippen LogP contribution in [0.1, 0.15) is 0 Å². The van der Waals surface area contributed by atoms with Crippen molar-refractivity contribution in [1.82, 2.24) is 5.32 Å². The van der Waals surface area contributed by atoms with Gasteiger partial charge in [-0.15, -0.1) is 11.8 Å². The molecule has 0 radical (unpaired) electrons. The summed E-state index contributed by atoms with van der Waals surface area (Å²) in [6.07, 6.45) is 0. The van der Waals surface area contributed by atoms with Crippen LogP contribution < -0.4 is 10.6 Å². The van der Waals surface area contributed by atoms with Crippen LogP contribution in [-0.4, -0.2) is 22.3 Å². The lowest BCUT2D eigenvalue weighted by Gasteiger charge is -2.10. The van der Waals surface area contributed by atoms with E-state index in [9.17, 15) is 10.1 Å². The first-order chi connectivity index (χ1) is 11.0. The summed E-state index contributed by atoms with van der Waals surface area (Å²) in [6, 6.07) is 13.8. The predicted molar refractivity (Wildman–Crippen MR) is 99.5 cm³/mol. The predicted octanol–water partition coefficient (Wildman–Crippen LogP) is 4.33. The Morgan fingerprint density at radius 3 is 2.70 bits per heavy atom. The van der Waals surface area contributed by atoms with Crippen LogP contribution >= 0.6 is 35.6 Å². The molecular weight excluding hydrogens is 354 g/mol. The van der Waals surface area contributed by atoms with E-state index in [1.54, 1.807) is 23.9 Å². The lowest BCUT2D eigenvalue weighted by Crippen LogP contribution is -2.30. The number of nitro benzene ring substituents is 1. The molecule has 0 saturated carbocycles. The number of rotatable bonds is 6. The highest BCUT2D eigenvalue weighted by Crippen LogP contribution is 2.20. The Morgan fingerprint density at radius 1 is 1.26 bits per heavy atom. The van der Waals surface area contributed by atoms with E-state index in [1.165, 1.54) is 12.1 Å². The summed E-state index contributed by atoms with van der Waals surface area (Å²) in [5.41, 5.74) is 0.609. The van der Waals surface area contributed by atoms with Crippen molar-refractivity contribution >= 4 is 52.1 Å². The average Bonchev–Trinajstić information content (AvgIpc) is 2.53. The van der Waals surface area contributed by atoms with Crippen LogP contribution in [0.5, 0.6) is 0 Å². The number of non-ortho nitro benzene ring substituents is 1. The van der Waals surface area contributed by atoms with Crippen molar-refractivity contribution in [2.24, 2.45) is 0 Å². The van der Waals surface area contributed by atoms with E-state index in [0.717, 1.165) is 15.7 Å². The lowest BCUT2D eigenvalue weighted by molar-refractivity contribution is -0.384. The van der Waals surface area contributed by atoms with Crippen molar-refractivity contribution in [3.8, 4) is 0 Å². The molecule has 8 heteroatoms. The van der Waals surface area contributed by atoms with Gasteiger partial charge in [0, 0.05) is 40.0 Å². The van der Waals surface area contributed by atoms with Gasteiger partial charge in [0.15, 0.2) is 5.11 Å². The van der Waals surface area contributed by atoms with E-state index < -0.39 is 4.92 Å². The Bertz CT molecular complexity index is 695. The van der Waals surface area contributed by atoms with Crippen LogP contribution in [0.25, 0.3) is 0 Å². The number of anilines is 1. The molecule has 2 aromatic rings. The second-order valence-electron chi connectivity index (χ2n) is 4.49. The Kier molecular flexibility index (Phi) is 6.64. The van der Waals surface area contributed by atoms with Gasteiger partial charge < -0.3 is 10.6 Å². The van der Waals surface area contributed by atoms with Gasteiger partial charge in [0.1, 0.15) is 0 Å². The molecule has 0 aliphatic rings. The van der Waals surface area contributed by atoms with E-state index >= 15 is 0 Å². The van der Waals surface area contributed by atoms with Gasteiger partial charge in [-0.1, -0.05) is 17.7 Å². The van der Waals surface area contributed by atoms with Crippen molar-refractivity contribution in [2.45, 2.75) is 4.90 Å². The molecule has 2 aromatic carbocycles. The van der Waals surface area contributed by atoms with Gasteiger partial charge in [-0.25, -0.2) is 0 Å². The van der Waals surface area contributed by atoms with Gasteiger partial charge in [-0.2, -0.15) is 0 Å². The van der Waals surface area contributed by atoms with Crippen LogP contribution in [0, 0.1) is 10.1 Å². The molecule has 0 atom stereocenters. The molecule has 0 saturated heterocycles. The van der Waals surface area contributed by atoms with Gasteiger partial charge >= 0.3 is 0 Å². The van der Waals surface area contributed by atoms with E-state index in [0.29, 0.717) is 17.3 Å². The molecular formula is C15H14ClN3O2S2. The minimum absolute atomic E-state index is 0.0242. The molecule has 0 heterocycles. The molecule has 120 valence electrons. The minimum Gasteiger partial charge on any atom is -0.362 e. The SMILES string of the molecule is O=[N+]([O-])c1cccc(NC(=S)NCCSc2ccc(Cl)cc2)c1. The number of thiocarbonyl (C=S) groups is 1. The number of thioether (sulfide) groups is 1. The third-order valence-corrected chi connectivity index (χ3v) is 4.30. The quantitative estimate of drug-likeness (QED) is 0.260. The summed E-state index contributed by atoms with van der Waals surface area (Å²) in [4.78, 5) is 11.4. The second-order valence-corrected chi connectivity index (χ2v) is 6.50. The fraction of sp³-hybridized carbons (Fsp3) is 0.133. The zero-order chi connectivity index (χ0) is 16.7. The van der Waals surface area contributed by atoms with Gasteiger partial charge in [-0.05, 0) is 42.5 Å². The third-order valence-electron chi connectivity index (χ3n) is 2.78. The number of benzene rings is 2. The van der Waals surface area contributed by atoms with Crippen molar-refractivity contribution in [3.05, 3.63) is 63.7 Å². The largest absolute Gasteiger partial charge is 0.362 e. The number of nitrogens with zero attached hydrogens (tertiary/aromatic N) is 1. The number of nitro groups is 1. The van der Waals surface area contributed by atoms with Crippen LogP contribution in [0.4, 0.5) is 11.4 Å². The topological polar surface area (TPSA) is 67.2 Å². The third kappa shape index (κ3) is 6.05. The Morgan fingerprint density at radius 2 is 2.00 bits per heavy atom. The van der Waals surface area contributed by atoms with Crippen molar-refractivity contribution in [1.29, 1.82) is 0 Å². The molecule has 0 fully saturated rings. The average molecular weight is 368 g/mol. The van der Waals surface area contributed by atoms with Crippen LogP contribution in [0.2, 0.25) is 5.02 Å². The number of halogens is 1. The first-order valence-corrected chi connectivity index (χ1v) is 8.49. The highest BCUT2D eigenvalue weighted by molar-refractivity contribution is 7.99. The molecule has 0 unspecified atom stereocenters. The van der Waals surface area contributed by atoms with Crippen molar-refractivity contribution < 1.29 is 4.92 Å². The molecule has 23 heavy (non-hydrogen) atoms. The summed E-state index contributed by atoms with van der Waals surface area (Å²) < 4.78 is 0. The summed E-state index contributed by atoms with van der Waals surface area (Å²) in [6.45, 7) is 0.675. The zero-order valence-electron chi connectivity index (χ0n) is 12.0. The summed E-state index contributed by atoms with van der Waals surface area (Å²) in [5.74, 6) is 0.832. The molecule has 2 rings (SSSR count). The lowest BCUT2D eigenvalue weighted by atomic mass is 10.3. The first-order valence-electron chi connectivity index (χ1n) is 6.72. The molecule has 5 nitrogen and oxygen atoms in total. The van der Waals surface area contributed by atoms with Crippen molar-refractivity contribution in [2.75, 3.05) is 17.6 Å². The highest BCUT2D eigenvalue weighted by Gasteiger charge is 2.06. The monoisotopic (exact) mass is 367 g/mol. The Balaban J connectivity index is 1.74. The van der Waals surface area contributed by atoms with Gasteiger partial charge in [-0.3, -0.25) is 10.1 Å². The molecule has 0 amide bonds. The highest BCUT2D eigenvalue weighted by atomic mass is 35.5. The maximum absolute atomic E-state index is 10.7. The second kappa shape index (κ2) is 8.71. The fourth-order valence-electron chi connectivity index (χ4n) is 1.74. The summed E-state index contributed by atoms with van der Waals surface area (Å²) in [5, 5.41) is 17.9. The maximum atomic E-state index is 10.7. The summed E-state index contributed by atoms with van der Waals surface area (Å²) >= 11 is 12.7.